The van der Waals surface area contributed by atoms with Gasteiger partial charge >= 0.3 is 0 Å². The maximum absolute atomic E-state index is 13.1. The Morgan fingerprint density at radius 1 is 1.21 bits per heavy atom. The molecule has 2 aliphatic rings. The third-order valence-corrected chi connectivity index (χ3v) is 7.48. The summed E-state index contributed by atoms with van der Waals surface area (Å²) < 4.78 is 40.2. The van der Waals surface area contributed by atoms with E-state index in [4.69, 9.17) is 9.47 Å². The lowest BCUT2D eigenvalue weighted by Crippen LogP contribution is -2.62. The topological polar surface area (TPSA) is 64.6 Å². The van der Waals surface area contributed by atoms with Crippen molar-refractivity contribution in [2.45, 2.75) is 51.2 Å². The number of ether oxygens (including phenoxy) is 2. The van der Waals surface area contributed by atoms with E-state index in [0.717, 1.165) is 28.7 Å². The lowest BCUT2D eigenvalue weighted by Gasteiger charge is -2.47. The second kappa shape index (κ2) is 6.41. The molecule has 6 heteroatoms. The molecule has 4 atom stereocenters. The number of hydrogen-bond donors (Lipinski definition) is 1. The monoisotopic (exact) mass is 353 g/mol. The number of fused-ring (bicyclic) bond motifs is 1. The van der Waals surface area contributed by atoms with Gasteiger partial charge in [-0.05, 0) is 56.4 Å². The van der Waals surface area contributed by atoms with Crippen LogP contribution in [0.2, 0.25) is 0 Å². The third kappa shape index (κ3) is 2.79. The van der Waals surface area contributed by atoms with Gasteiger partial charge in [0, 0.05) is 31.6 Å². The van der Waals surface area contributed by atoms with Crippen molar-refractivity contribution in [3.05, 3.63) is 28.3 Å². The Labute approximate surface area is 144 Å². The molecule has 1 saturated heterocycles. The molecular formula is C18H27NO4S. The Hall–Kier alpha value is -0.950. The highest BCUT2D eigenvalue weighted by Gasteiger charge is 2.55. The molecule has 1 aromatic carbocycles. The zero-order valence-electron chi connectivity index (χ0n) is 15.0. The molecule has 2 fully saturated rings. The van der Waals surface area contributed by atoms with Gasteiger partial charge in [-0.3, -0.25) is 0 Å². The van der Waals surface area contributed by atoms with E-state index >= 15 is 0 Å². The maximum atomic E-state index is 13.1. The minimum Gasteiger partial charge on any atom is -0.384 e. The highest BCUT2D eigenvalue weighted by atomic mass is 32.2. The van der Waals surface area contributed by atoms with Crippen molar-refractivity contribution in [3.63, 3.8) is 0 Å². The number of rotatable bonds is 5. The van der Waals surface area contributed by atoms with Crippen LogP contribution in [0.4, 0.5) is 0 Å². The van der Waals surface area contributed by atoms with Crippen LogP contribution in [0.15, 0.2) is 11.0 Å². The molecule has 1 aliphatic carbocycles. The van der Waals surface area contributed by atoms with Crippen LogP contribution in [0.25, 0.3) is 0 Å². The van der Waals surface area contributed by atoms with Crippen molar-refractivity contribution in [1.82, 2.24) is 4.72 Å². The summed E-state index contributed by atoms with van der Waals surface area (Å²) in [5.74, 6) is 0.343. The van der Waals surface area contributed by atoms with Crippen molar-refractivity contribution in [3.8, 4) is 0 Å². The molecular weight excluding hydrogens is 326 g/mol. The molecule has 1 saturated carbocycles. The number of aryl methyl sites for hydroxylation is 2. The van der Waals surface area contributed by atoms with E-state index in [9.17, 15) is 8.42 Å². The summed E-state index contributed by atoms with van der Waals surface area (Å²) in [6.45, 7) is 8.89. The van der Waals surface area contributed by atoms with Crippen LogP contribution in [0.3, 0.4) is 0 Å². The fourth-order valence-electron chi connectivity index (χ4n) is 4.22. The van der Waals surface area contributed by atoms with Gasteiger partial charge in [0.1, 0.15) is 0 Å². The van der Waals surface area contributed by atoms with Gasteiger partial charge in [0.05, 0.1) is 17.6 Å². The van der Waals surface area contributed by atoms with Gasteiger partial charge in [-0.2, -0.15) is 0 Å². The molecule has 0 unspecified atom stereocenters. The second-order valence-corrected chi connectivity index (χ2v) is 8.79. The molecule has 0 amide bonds. The predicted molar refractivity (Wildman–Crippen MR) is 92.7 cm³/mol. The molecule has 1 aliphatic heterocycles. The quantitative estimate of drug-likeness (QED) is 0.882. The number of hydrogen-bond acceptors (Lipinski definition) is 4. The van der Waals surface area contributed by atoms with Crippen molar-refractivity contribution >= 4 is 10.0 Å². The largest absolute Gasteiger partial charge is 0.384 e. The number of benzene rings is 1. The van der Waals surface area contributed by atoms with Gasteiger partial charge < -0.3 is 9.47 Å². The fourth-order valence-corrected chi connectivity index (χ4v) is 6.17. The van der Waals surface area contributed by atoms with E-state index in [0.29, 0.717) is 18.1 Å². The van der Waals surface area contributed by atoms with Gasteiger partial charge in [0.2, 0.25) is 10.0 Å². The van der Waals surface area contributed by atoms with Crippen molar-refractivity contribution in [1.29, 1.82) is 0 Å². The van der Waals surface area contributed by atoms with Gasteiger partial charge in [-0.1, -0.05) is 6.07 Å². The number of nitrogens with one attached hydrogen (secondary N) is 1. The van der Waals surface area contributed by atoms with E-state index in [2.05, 4.69) is 4.72 Å². The Kier molecular flexibility index (Phi) is 4.77. The third-order valence-electron chi connectivity index (χ3n) is 5.74. The Morgan fingerprint density at radius 2 is 1.83 bits per heavy atom. The van der Waals surface area contributed by atoms with Gasteiger partial charge in [-0.15, -0.1) is 0 Å². The summed E-state index contributed by atoms with van der Waals surface area (Å²) in [6.07, 6.45) is 1.03. The minimum atomic E-state index is -3.58. The average Bonchev–Trinajstić information content (AvgIpc) is 2.93. The molecule has 0 radical (unpaired) electrons. The van der Waals surface area contributed by atoms with Crippen LogP contribution in [-0.2, 0) is 19.5 Å². The van der Waals surface area contributed by atoms with Crippen LogP contribution in [0, 0.1) is 39.5 Å². The molecule has 134 valence electrons. The molecule has 0 spiro atoms. The number of methoxy groups -OCH3 is 1. The predicted octanol–water partition coefficient (Wildman–Crippen LogP) is 2.25. The highest BCUT2D eigenvalue weighted by molar-refractivity contribution is 7.89. The average molecular weight is 353 g/mol. The van der Waals surface area contributed by atoms with Crippen molar-refractivity contribution in [2.24, 2.45) is 11.8 Å². The molecule has 0 aromatic heterocycles. The van der Waals surface area contributed by atoms with Gasteiger partial charge in [0.25, 0.3) is 0 Å². The molecule has 0 bridgehead atoms. The molecule has 1 heterocycles. The first-order chi connectivity index (χ1) is 11.3. The summed E-state index contributed by atoms with van der Waals surface area (Å²) in [6, 6.07) is 1.93. The van der Waals surface area contributed by atoms with E-state index in [-0.39, 0.29) is 24.0 Å². The summed E-state index contributed by atoms with van der Waals surface area (Å²) in [5.41, 5.74) is 3.66. The molecule has 3 rings (SSSR count). The SMILES string of the molecule is COC[C@@H]1[C@H](NS(=O)(=O)c2c(C)c(C)cc(C)c2C)[C@H]2CCO[C@H]21. The van der Waals surface area contributed by atoms with Gasteiger partial charge in [0.15, 0.2) is 0 Å². The summed E-state index contributed by atoms with van der Waals surface area (Å²) in [7, 11) is -1.93. The summed E-state index contributed by atoms with van der Waals surface area (Å²) in [4.78, 5) is 0.429. The maximum Gasteiger partial charge on any atom is 0.241 e. The standard InChI is InChI=1S/C18H27NO4S/c1-10-8-11(2)13(4)18(12(10)3)24(20,21)19-16-14-6-7-23-17(14)15(16)9-22-5/h8,14-17,19H,6-7,9H2,1-5H3/t14-,15-,16-,17-/m1/s1. The Bertz CT molecular complexity index is 718. The second-order valence-electron chi connectivity index (χ2n) is 7.14. The van der Waals surface area contributed by atoms with Crippen LogP contribution < -0.4 is 4.72 Å². The van der Waals surface area contributed by atoms with Crippen molar-refractivity contribution in [2.75, 3.05) is 20.3 Å². The summed E-state index contributed by atoms with van der Waals surface area (Å²) in [5, 5.41) is 0. The first-order valence-electron chi connectivity index (χ1n) is 8.48. The van der Waals surface area contributed by atoms with E-state index in [1.807, 2.05) is 33.8 Å². The highest BCUT2D eigenvalue weighted by Crippen LogP contribution is 2.44. The van der Waals surface area contributed by atoms with Crippen LogP contribution >= 0.6 is 0 Å². The van der Waals surface area contributed by atoms with Crippen LogP contribution in [0.1, 0.15) is 28.7 Å². The lowest BCUT2D eigenvalue weighted by atomic mass is 9.68. The van der Waals surface area contributed by atoms with E-state index in [1.54, 1.807) is 7.11 Å². The zero-order valence-corrected chi connectivity index (χ0v) is 15.9. The zero-order chi connectivity index (χ0) is 17.6. The van der Waals surface area contributed by atoms with E-state index in [1.165, 1.54) is 0 Å². The van der Waals surface area contributed by atoms with Crippen LogP contribution in [0.5, 0.6) is 0 Å². The molecule has 5 nitrogen and oxygen atoms in total. The van der Waals surface area contributed by atoms with Crippen molar-refractivity contribution < 1.29 is 17.9 Å². The molecule has 1 N–H and O–H groups in total. The minimum absolute atomic E-state index is 0.0868. The fraction of sp³-hybridized carbons (Fsp3) is 0.667. The smallest absolute Gasteiger partial charge is 0.241 e. The van der Waals surface area contributed by atoms with Gasteiger partial charge in [-0.25, -0.2) is 13.1 Å². The Morgan fingerprint density at radius 3 is 2.42 bits per heavy atom. The molecule has 24 heavy (non-hydrogen) atoms. The number of sulfonamides is 1. The first-order valence-corrected chi connectivity index (χ1v) is 9.96. The lowest BCUT2D eigenvalue weighted by molar-refractivity contribution is -0.0775. The first kappa shape index (κ1) is 17.9. The molecule has 1 aromatic rings. The summed E-state index contributed by atoms with van der Waals surface area (Å²) >= 11 is 0. The van der Waals surface area contributed by atoms with E-state index < -0.39 is 10.0 Å². The Balaban J connectivity index is 1.92. The van der Waals surface area contributed by atoms with Crippen LogP contribution in [-0.4, -0.2) is 40.9 Å². The normalized spacial score (nSPS) is 29.4.